The standard InChI is InChI=1S/C17H26ClFN2/c1-4-21(5-2)17(10-6-7-11-17)16(20-3)14-9-8-13(18)12-15(14)19/h8-9,12,16,20H,4-7,10-11H2,1-3H3. The molecule has 1 unspecified atom stereocenters. The van der Waals surface area contributed by atoms with Crippen molar-refractivity contribution in [3.8, 4) is 0 Å². The van der Waals surface area contributed by atoms with Gasteiger partial charge < -0.3 is 5.32 Å². The quantitative estimate of drug-likeness (QED) is 0.838. The third-order valence-electron chi connectivity index (χ3n) is 4.96. The molecule has 118 valence electrons. The maximum atomic E-state index is 14.4. The molecule has 1 aromatic rings. The number of hydrogen-bond donors (Lipinski definition) is 1. The van der Waals surface area contributed by atoms with Gasteiger partial charge in [0.05, 0.1) is 6.04 Å². The molecule has 1 N–H and O–H groups in total. The van der Waals surface area contributed by atoms with Gasteiger partial charge in [-0.15, -0.1) is 0 Å². The van der Waals surface area contributed by atoms with Crippen LogP contribution in [0.15, 0.2) is 18.2 Å². The van der Waals surface area contributed by atoms with E-state index in [0.717, 1.165) is 31.5 Å². The fraction of sp³-hybridized carbons (Fsp3) is 0.647. The molecule has 0 spiro atoms. The number of benzene rings is 1. The van der Waals surface area contributed by atoms with Gasteiger partial charge in [-0.2, -0.15) is 0 Å². The highest BCUT2D eigenvalue weighted by Gasteiger charge is 2.45. The largest absolute Gasteiger partial charge is 0.311 e. The van der Waals surface area contributed by atoms with Gasteiger partial charge in [-0.05, 0) is 45.1 Å². The van der Waals surface area contributed by atoms with Crippen LogP contribution in [0, 0.1) is 5.82 Å². The Balaban J connectivity index is 2.45. The van der Waals surface area contributed by atoms with E-state index in [0.29, 0.717) is 5.02 Å². The Morgan fingerprint density at radius 2 is 1.90 bits per heavy atom. The Morgan fingerprint density at radius 3 is 2.38 bits per heavy atom. The SMILES string of the molecule is CCN(CC)C1(C(NC)c2ccc(Cl)cc2F)CCCC1. The van der Waals surface area contributed by atoms with Crippen LogP contribution in [0.3, 0.4) is 0 Å². The lowest BCUT2D eigenvalue weighted by molar-refractivity contribution is 0.0642. The summed E-state index contributed by atoms with van der Waals surface area (Å²) in [6.45, 7) is 6.36. The molecule has 21 heavy (non-hydrogen) atoms. The highest BCUT2D eigenvalue weighted by Crippen LogP contribution is 2.45. The fourth-order valence-electron chi connectivity index (χ4n) is 4.08. The van der Waals surface area contributed by atoms with Crippen molar-refractivity contribution in [3.63, 3.8) is 0 Å². The molecule has 1 aliphatic rings. The Labute approximate surface area is 132 Å². The second kappa shape index (κ2) is 7.08. The van der Waals surface area contributed by atoms with Crippen LogP contribution in [0.5, 0.6) is 0 Å². The van der Waals surface area contributed by atoms with Crippen LogP contribution in [0.2, 0.25) is 5.02 Å². The molecule has 1 fully saturated rings. The van der Waals surface area contributed by atoms with Gasteiger partial charge in [-0.3, -0.25) is 4.90 Å². The maximum Gasteiger partial charge on any atom is 0.129 e. The molecule has 0 radical (unpaired) electrons. The van der Waals surface area contributed by atoms with E-state index in [9.17, 15) is 4.39 Å². The molecule has 0 aromatic heterocycles. The summed E-state index contributed by atoms with van der Waals surface area (Å²) in [6, 6.07) is 5.04. The molecule has 0 amide bonds. The lowest BCUT2D eigenvalue weighted by Crippen LogP contribution is -2.54. The van der Waals surface area contributed by atoms with Crippen molar-refractivity contribution in [2.24, 2.45) is 0 Å². The van der Waals surface area contributed by atoms with E-state index in [-0.39, 0.29) is 17.4 Å². The van der Waals surface area contributed by atoms with E-state index >= 15 is 0 Å². The maximum absolute atomic E-state index is 14.4. The van der Waals surface area contributed by atoms with Crippen molar-refractivity contribution in [2.45, 2.75) is 51.1 Å². The highest BCUT2D eigenvalue weighted by atomic mass is 35.5. The summed E-state index contributed by atoms with van der Waals surface area (Å²) in [4.78, 5) is 2.50. The van der Waals surface area contributed by atoms with E-state index in [1.54, 1.807) is 6.07 Å². The Hall–Kier alpha value is -0.640. The zero-order valence-corrected chi connectivity index (χ0v) is 14.0. The van der Waals surface area contributed by atoms with Gasteiger partial charge in [0.25, 0.3) is 0 Å². The number of halogens is 2. The monoisotopic (exact) mass is 312 g/mol. The molecule has 1 aromatic carbocycles. The second-order valence-electron chi connectivity index (χ2n) is 5.87. The summed E-state index contributed by atoms with van der Waals surface area (Å²) in [5.74, 6) is -0.208. The van der Waals surface area contributed by atoms with Crippen molar-refractivity contribution in [3.05, 3.63) is 34.6 Å². The van der Waals surface area contributed by atoms with E-state index in [2.05, 4.69) is 24.1 Å². The Bertz CT molecular complexity index is 468. The van der Waals surface area contributed by atoms with Crippen LogP contribution in [0.25, 0.3) is 0 Å². The van der Waals surface area contributed by atoms with Crippen molar-refractivity contribution in [1.29, 1.82) is 0 Å². The van der Waals surface area contributed by atoms with Crippen LogP contribution < -0.4 is 5.32 Å². The summed E-state index contributed by atoms with van der Waals surface area (Å²) in [5.41, 5.74) is 0.739. The van der Waals surface area contributed by atoms with Crippen molar-refractivity contribution < 1.29 is 4.39 Å². The molecule has 0 bridgehead atoms. The first-order valence-electron chi connectivity index (χ1n) is 7.96. The molecule has 0 aliphatic heterocycles. The van der Waals surface area contributed by atoms with Gasteiger partial charge in [0.2, 0.25) is 0 Å². The smallest absolute Gasteiger partial charge is 0.129 e. The number of nitrogens with zero attached hydrogens (tertiary/aromatic N) is 1. The first kappa shape index (κ1) is 16.7. The van der Waals surface area contributed by atoms with Crippen molar-refractivity contribution >= 4 is 11.6 Å². The summed E-state index contributed by atoms with van der Waals surface area (Å²) in [5, 5.41) is 3.84. The van der Waals surface area contributed by atoms with Crippen molar-refractivity contribution in [2.75, 3.05) is 20.1 Å². The average molecular weight is 313 g/mol. The van der Waals surface area contributed by atoms with Gasteiger partial charge in [0.15, 0.2) is 0 Å². The van der Waals surface area contributed by atoms with Crippen LogP contribution >= 0.6 is 11.6 Å². The molecule has 1 aliphatic carbocycles. The first-order chi connectivity index (χ1) is 10.1. The molecule has 0 heterocycles. The number of likely N-dealkylation sites (N-methyl/N-ethyl adjacent to an activating group) is 2. The zero-order valence-electron chi connectivity index (χ0n) is 13.3. The summed E-state index contributed by atoms with van der Waals surface area (Å²) in [6.07, 6.45) is 4.65. The van der Waals surface area contributed by atoms with E-state index in [4.69, 9.17) is 11.6 Å². The predicted octanol–water partition coefficient (Wildman–Crippen LogP) is 4.39. The third-order valence-corrected chi connectivity index (χ3v) is 5.20. The molecule has 1 atom stereocenters. The number of hydrogen-bond acceptors (Lipinski definition) is 2. The van der Waals surface area contributed by atoms with Gasteiger partial charge in [-0.1, -0.05) is 44.4 Å². The molecular formula is C17H26ClFN2. The number of nitrogens with one attached hydrogen (secondary N) is 1. The van der Waals surface area contributed by atoms with Crippen LogP contribution in [0.4, 0.5) is 4.39 Å². The van der Waals surface area contributed by atoms with E-state index < -0.39 is 0 Å². The minimum atomic E-state index is -0.208. The Kier molecular flexibility index (Phi) is 5.64. The average Bonchev–Trinajstić information content (AvgIpc) is 2.94. The summed E-state index contributed by atoms with van der Waals surface area (Å²) < 4.78 is 14.4. The minimum absolute atomic E-state index is 0.00262. The third kappa shape index (κ3) is 3.10. The van der Waals surface area contributed by atoms with E-state index in [1.165, 1.54) is 18.9 Å². The summed E-state index contributed by atoms with van der Waals surface area (Å²) >= 11 is 5.91. The predicted molar refractivity (Wildman–Crippen MR) is 87.3 cm³/mol. The first-order valence-corrected chi connectivity index (χ1v) is 8.34. The van der Waals surface area contributed by atoms with Gasteiger partial charge in [-0.25, -0.2) is 4.39 Å². The van der Waals surface area contributed by atoms with Crippen LogP contribution in [-0.4, -0.2) is 30.6 Å². The molecule has 2 rings (SSSR count). The van der Waals surface area contributed by atoms with Gasteiger partial charge >= 0.3 is 0 Å². The van der Waals surface area contributed by atoms with E-state index in [1.807, 2.05) is 13.1 Å². The van der Waals surface area contributed by atoms with Crippen molar-refractivity contribution in [1.82, 2.24) is 10.2 Å². The minimum Gasteiger partial charge on any atom is -0.311 e. The molecule has 0 saturated heterocycles. The number of rotatable bonds is 6. The molecule has 4 heteroatoms. The summed E-state index contributed by atoms with van der Waals surface area (Å²) in [7, 11) is 1.93. The zero-order chi connectivity index (χ0) is 15.5. The Morgan fingerprint density at radius 1 is 1.29 bits per heavy atom. The lowest BCUT2D eigenvalue weighted by atomic mass is 9.81. The molecule has 2 nitrogen and oxygen atoms in total. The van der Waals surface area contributed by atoms with Crippen LogP contribution in [0.1, 0.15) is 51.1 Å². The second-order valence-corrected chi connectivity index (χ2v) is 6.31. The van der Waals surface area contributed by atoms with Crippen LogP contribution in [-0.2, 0) is 0 Å². The van der Waals surface area contributed by atoms with Gasteiger partial charge in [0, 0.05) is 16.1 Å². The normalized spacial score (nSPS) is 19.1. The molecular weight excluding hydrogens is 287 g/mol. The fourth-order valence-corrected chi connectivity index (χ4v) is 4.24. The lowest BCUT2D eigenvalue weighted by Gasteiger charge is -2.46. The van der Waals surface area contributed by atoms with Gasteiger partial charge in [0.1, 0.15) is 5.82 Å². The molecule has 1 saturated carbocycles. The highest BCUT2D eigenvalue weighted by molar-refractivity contribution is 6.30. The topological polar surface area (TPSA) is 15.3 Å².